The molecule has 312 valence electrons. The number of aromatic nitrogens is 6. The van der Waals surface area contributed by atoms with Crippen LogP contribution >= 0.6 is 0 Å². The van der Waals surface area contributed by atoms with Gasteiger partial charge in [0.05, 0.1) is 0 Å². The van der Waals surface area contributed by atoms with Crippen molar-refractivity contribution in [3.8, 4) is 90.3 Å². The molecule has 1 atom stereocenters. The maximum Gasteiger partial charge on any atom is 0.164 e. The van der Waals surface area contributed by atoms with Crippen LogP contribution in [0.1, 0.15) is 23.7 Å². The van der Waals surface area contributed by atoms with Gasteiger partial charge >= 0.3 is 0 Å². The molecule has 8 aromatic carbocycles. The summed E-state index contributed by atoms with van der Waals surface area (Å²) in [6, 6.07) is 75.1. The lowest BCUT2D eigenvalue weighted by molar-refractivity contribution is 0.854. The third kappa shape index (κ3) is 8.51. The quantitative estimate of drug-likeness (QED) is 0.136. The molecule has 0 aliphatic heterocycles. The van der Waals surface area contributed by atoms with E-state index in [9.17, 15) is 0 Å². The van der Waals surface area contributed by atoms with E-state index in [1.807, 2.05) is 66.7 Å². The van der Waals surface area contributed by atoms with Gasteiger partial charge in [-0.3, -0.25) is 0 Å². The number of benzene rings is 8. The Balaban J connectivity index is 0.965. The van der Waals surface area contributed by atoms with Crippen LogP contribution in [0.2, 0.25) is 0 Å². The first-order chi connectivity index (χ1) is 32.7. The highest BCUT2D eigenvalue weighted by atomic mass is 15.0. The number of nitrogens with zero attached hydrogens (tertiary/aromatic N) is 6. The Morgan fingerprint density at radius 1 is 0.288 bits per heavy atom. The first kappa shape index (κ1) is 40.1. The molecule has 6 nitrogen and oxygen atoms in total. The minimum absolute atomic E-state index is 0.300. The van der Waals surface area contributed by atoms with Crippen LogP contribution in [0.5, 0.6) is 0 Å². The zero-order chi connectivity index (χ0) is 44.1. The summed E-state index contributed by atoms with van der Waals surface area (Å²) in [5.74, 6) is 4.05. The molecule has 0 saturated carbocycles. The highest BCUT2D eigenvalue weighted by Gasteiger charge is 2.19. The second kappa shape index (κ2) is 18.2. The maximum atomic E-state index is 5.17. The van der Waals surface area contributed by atoms with E-state index in [4.69, 9.17) is 29.9 Å². The second-order valence-electron chi connectivity index (χ2n) is 16.3. The highest BCUT2D eigenvalue weighted by molar-refractivity contribution is 5.86. The van der Waals surface area contributed by atoms with Gasteiger partial charge in [0.2, 0.25) is 0 Å². The molecule has 0 radical (unpaired) electrons. The largest absolute Gasteiger partial charge is 0.208 e. The van der Waals surface area contributed by atoms with E-state index in [0.717, 1.165) is 73.2 Å². The van der Waals surface area contributed by atoms with Crippen LogP contribution in [0.3, 0.4) is 0 Å². The van der Waals surface area contributed by atoms with Gasteiger partial charge in [-0.1, -0.05) is 224 Å². The number of hydrogen-bond donors (Lipinski definition) is 0. The molecular weight excluding hydrogens is 805 g/mol. The van der Waals surface area contributed by atoms with E-state index in [1.165, 1.54) is 5.56 Å². The van der Waals surface area contributed by atoms with Crippen molar-refractivity contribution < 1.29 is 0 Å². The van der Waals surface area contributed by atoms with Gasteiger partial charge in [-0.15, -0.1) is 0 Å². The zero-order valence-electron chi connectivity index (χ0n) is 36.0. The van der Waals surface area contributed by atoms with Crippen molar-refractivity contribution in [2.45, 2.75) is 12.3 Å². The van der Waals surface area contributed by atoms with Gasteiger partial charge in [0.1, 0.15) is 0 Å². The summed E-state index contributed by atoms with van der Waals surface area (Å²) in [6.07, 6.45) is 7.54. The molecule has 10 aromatic rings. The minimum Gasteiger partial charge on any atom is -0.208 e. The van der Waals surface area contributed by atoms with Crippen LogP contribution < -0.4 is 0 Å². The van der Waals surface area contributed by atoms with Crippen molar-refractivity contribution >= 4 is 5.57 Å². The first-order valence-corrected chi connectivity index (χ1v) is 22.2. The van der Waals surface area contributed by atoms with Crippen molar-refractivity contribution in [2.75, 3.05) is 0 Å². The van der Waals surface area contributed by atoms with Gasteiger partial charge in [0.15, 0.2) is 34.9 Å². The molecule has 1 aliphatic rings. The van der Waals surface area contributed by atoms with Crippen LogP contribution in [-0.2, 0) is 0 Å². The number of hydrogen-bond acceptors (Lipinski definition) is 6. The van der Waals surface area contributed by atoms with Gasteiger partial charge in [-0.25, -0.2) is 29.9 Å². The van der Waals surface area contributed by atoms with Crippen LogP contribution in [-0.4, -0.2) is 29.9 Å². The van der Waals surface area contributed by atoms with Crippen LogP contribution in [0.15, 0.2) is 237 Å². The molecule has 2 heterocycles. The lowest BCUT2D eigenvalue weighted by Crippen LogP contribution is -2.05. The van der Waals surface area contributed by atoms with Crippen LogP contribution in [0.25, 0.3) is 95.9 Å². The van der Waals surface area contributed by atoms with Crippen molar-refractivity contribution in [2.24, 2.45) is 0 Å². The lowest BCUT2D eigenvalue weighted by atomic mass is 9.90. The monoisotopic (exact) mass is 846 g/mol. The zero-order valence-corrected chi connectivity index (χ0v) is 36.0. The average molecular weight is 847 g/mol. The standard InChI is InChI=1S/C60H42N6/c1-5-17-41(18-6-1)43-31-35-47(36-32-43)57-62-58(48-37-33-44(34-38-48)42-19-7-2-8-20-42)66-60(65-57)52-28-16-26-50(40-52)54-30-14-13-29-53(54)49-25-15-27-51(39-49)59-63-55(45-21-9-3-10-22-45)61-56(64-59)46-23-11-4-12-24-46/h1-33,35-40,44H,34H2. The predicted octanol–water partition coefficient (Wildman–Crippen LogP) is 14.5. The summed E-state index contributed by atoms with van der Waals surface area (Å²) in [4.78, 5) is 30.4. The van der Waals surface area contributed by atoms with E-state index in [-0.39, 0.29) is 0 Å². The SMILES string of the molecule is C1=CC(c2ccccc2)CC=C1c1nc(-c2ccc(-c3ccccc3)cc2)nc(-c2cccc(-c3ccccc3-c3cccc(-c4nc(-c5ccccc5)nc(-c5ccccc5)n4)c3)c2)n1. The molecule has 0 fully saturated rings. The molecule has 0 N–H and O–H groups in total. The summed E-state index contributed by atoms with van der Waals surface area (Å²) in [7, 11) is 0. The highest BCUT2D eigenvalue weighted by Crippen LogP contribution is 2.37. The van der Waals surface area contributed by atoms with Crippen molar-refractivity contribution in [3.05, 3.63) is 248 Å². The van der Waals surface area contributed by atoms with E-state index >= 15 is 0 Å². The molecule has 11 rings (SSSR count). The number of allylic oxidation sites excluding steroid dienone is 4. The van der Waals surface area contributed by atoms with Crippen LogP contribution in [0, 0.1) is 0 Å². The van der Waals surface area contributed by atoms with E-state index in [2.05, 4.69) is 170 Å². The van der Waals surface area contributed by atoms with E-state index in [0.29, 0.717) is 40.9 Å². The molecule has 0 bridgehead atoms. The molecule has 0 amide bonds. The van der Waals surface area contributed by atoms with Crippen molar-refractivity contribution in [1.82, 2.24) is 29.9 Å². The second-order valence-corrected chi connectivity index (χ2v) is 16.3. The van der Waals surface area contributed by atoms with Crippen molar-refractivity contribution in [3.63, 3.8) is 0 Å². The Kier molecular flexibility index (Phi) is 11.0. The maximum absolute atomic E-state index is 5.17. The predicted molar refractivity (Wildman–Crippen MR) is 268 cm³/mol. The third-order valence-electron chi connectivity index (χ3n) is 12.0. The van der Waals surface area contributed by atoms with Gasteiger partial charge in [-0.2, -0.15) is 0 Å². The van der Waals surface area contributed by atoms with E-state index < -0.39 is 0 Å². The molecule has 0 spiro atoms. The van der Waals surface area contributed by atoms with Crippen molar-refractivity contribution in [1.29, 1.82) is 0 Å². The molecular formula is C60H42N6. The lowest BCUT2D eigenvalue weighted by Gasteiger charge is -2.17. The average Bonchev–Trinajstić information content (AvgIpc) is 3.42. The normalized spacial score (nSPS) is 13.3. The number of rotatable bonds is 10. The van der Waals surface area contributed by atoms with E-state index in [1.54, 1.807) is 0 Å². The fraction of sp³-hybridized carbons (Fsp3) is 0.0333. The Morgan fingerprint density at radius 2 is 0.636 bits per heavy atom. The molecule has 66 heavy (non-hydrogen) atoms. The Hall–Kier alpha value is -8.74. The smallest absolute Gasteiger partial charge is 0.164 e. The summed E-state index contributed by atoms with van der Waals surface area (Å²) < 4.78 is 0. The third-order valence-corrected chi connectivity index (χ3v) is 12.0. The summed E-state index contributed by atoms with van der Waals surface area (Å²) in [6.45, 7) is 0. The fourth-order valence-electron chi connectivity index (χ4n) is 8.52. The van der Waals surface area contributed by atoms with Crippen LogP contribution in [0.4, 0.5) is 0 Å². The summed E-state index contributed by atoms with van der Waals surface area (Å²) >= 11 is 0. The first-order valence-electron chi connectivity index (χ1n) is 22.2. The van der Waals surface area contributed by atoms with Gasteiger partial charge < -0.3 is 0 Å². The molecule has 6 heteroatoms. The molecule has 1 aliphatic carbocycles. The van der Waals surface area contributed by atoms with Gasteiger partial charge in [0, 0.05) is 39.3 Å². The Bertz CT molecular complexity index is 3310. The molecule has 1 unspecified atom stereocenters. The van der Waals surface area contributed by atoms with Gasteiger partial charge in [0.25, 0.3) is 0 Å². The summed E-state index contributed by atoms with van der Waals surface area (Å²) in [5.41, 5.74) is 13.4. The minimum atomic E-state index is 0.300. The fourth-order valence-corrected chi connectivity index (χ4v) is 8.52. The topological polar surface area (TPSA) is 77.3 Å². The summed E-state index contributed by atoms with van der Waals surface area (Å²) in [5, 5.41) is 0. The molecule has 2 aromatic heterocycles. The van der Waals surface area contributed by atoms with Gasteiger partial charge in [-0.05, 0) is 57.5 Å². The Labute approximate surface area is 384 Å². The Morgan fingerprint density at radius 3 is 1.11 bits per heavy atom. The molecule has 0 saturated heterocycles.